The van der Waals surface area contributed by atoms with Crippen LogP contribution in [0.15, 0.2) is 22.0 Å². The molecular weight excluding hydrogens is 330 g/mol. The number of hydrogen-bond acceptors (Lipinski definition) is 6. The number of rotatable bonds is 6. The Labute approximate surface area is 144 Å². The molecule has 0 bridgehead atoms. The first kappa shape index (κ1) is 16.5. The molecular formula is C16H21N3O2S2. The van der Waals surface area contributed by atoms with E-state index in [1.54, 1.807) is 11.3 Å². The maximum atomic E-state index is 12.0. The molecule has 1 aliphatic rings. The lowest BCUT2D eigenvalue weighted by Gasteiger charge is -2.29. The molecule has 1 N–H and O–H groups in total. The van der Waals surface area contributed by atoms with Crippen molar-refractivity contribution in [3.63, 3.8) is 0 Å². The van der Waals surface area contributed by atoms with Crippen LogP contribution in [0.2, 0.25) is 0 Å². The van der Waals surface area contributed by atoms with Gasteiger partial charge in [0.2, 0.25) is 17.6 Å². The minimum Gasteiger partial charge on any atom is -0.352 e. The third-order valence-corrected chi connectivity index (χ3v) is 5.91. The summed E-state index contributed by atoms with van der Waals surface area (Å²) in [6.07, 6.45) is 4.82. The highest BCUT2D eigenvalue weighted by molar-refractivity contribution is 7.99. The highest BCUT2D eigenvalue weighted by Crippen LogP contribution is 2.24. The lowest BCUT2D eigenvalue weighted by molar-refractivity contribution is -0.119. The SMILES string of the molecule is CC1CCCCC1NC(=O)CSCc1nc(-c2cccs2)no1. The zero-order valence-corrected chi connectivity index (χ0v) is 14.8. The van der Waals surface area contributed by atoms with Crippen LogP contribution in [0.1, 0.15) is 38.5 Å². The average Bonchev–Trinajstić information content (AvgIpc) is 3.20. The fourth-order valence-electron chi connectivity index (χ4n) is 2.83. The monoisotopic (exact) mass is 351 g/mol. The number of nitrogens with one attached hydrogen (secondary N) is 1. The van der Waals surface area contributed by atoms with Gasteiger partial charge in [0.25, 0.3) is 0 Å². The summed E-state index contributed by atoms with van der Waals surface area (Å²) in [6.45, 7) is 2.22. The second-order valence-electron chi connectivity index (χ2n) is 5.92. The number of amides is 1. The Hall–Kier alpha value is -1.34. The van der Waals surface area contributed by atoms with Crippen molar-refractivity contribution in [1.82, 2.24) is 15.5 Å². The molecule has 7 heteroatoms. The van der Waals surface area contributed by atoms with Crippen molar-refractivity contribution in [2.75, 3.05) is 5.75 Å². The highest BCUT2D eigenvalue weighted by Gasteiger charge is 2.22. The van der Waals surface area contributed by atoms with Gasteiger partial charge in [-0.15, -0.1) is 23.1 Å². The number of thioether (sulfide) groups is 1. The van der Waals surface area contributed by atoms with E-state index in [1.807, 2.05) is 17.5 Å². The standard InChI is InChI=1S/C16H21N3O2S2/c1-11-5-2-3-6-12(11)17-14(20)9-22-10-15-18-16(19-21-15)13-7-4-8-23-13/h4,7-8,11-12H,2-3,5-6,9-10H2,1H3,(H,17,20). The third kappa shape index (κ3) is 4.57. The maximum Gasteiger partial charge on any atom is 0.236 e. The summed E-state index contributed by atoms with van der Waals surface area (Å²) in [5.74, 6) is 2.87. The van der Waals surface area contributed by atoms with Crippen LogP contribution in [0, 0.1) is 5.92 Å². The first-order chi connectivity index (χ1) is 11.2. The van der Waals surface area contributed by atoms with Crippen LogP contribution in [0.5, 0.6) is 0 Å². The topological polar surface area (TPSA) is 68.0 Å². The van der Waals surface area contributed by atoms with Crippen molar-refractivity contribution in [3.05, 3.63) is 23.4 Å². The number of carbonyl (C=O) groups excluding carboxylic acids is 1. The molecule has 23 heavy (non-hydrogen) atoms. The van der Waals surface area contributed by atoms with Crippen LogP contribution in [0.4, 0.5) is 0 Å². The van der Waals surface area contributed by atoms with E-state index in [0.717, 1.165) is 11.3 Å². The molecule has 1 aliphatic carbocycles. The van der Waals surface area contributed by atoms with Gasteiger partial charge in [0, 0.05) is 6.04 Å². The zero-order chi connectivity index (χ0) is 16.1. The molecule has 0 spiro atoms. The van der Waals surface area contributed by atoms with E-state index in [2.05, 4.69) is 22.4 Å². The van der Waals surface area contributed by atoms with E-state index in [9.17, 15) is 4.79 Å². The second kappa shape index (κ2) is 7.97. The molecule has 3 rings (SSSR count). The largest absolute Gasteiger partial charge is 0.352 e. The minimum absolute atomic E-state index is 0.103. The number of nitrogens with zero attached hydrogens (tertiary/aromatic N) is 2. The van der Waals surface area contributed by atoms with Gasteiger partial charge in [-0.25, -0.2) is 0 Å². The first-order valence-corrected chi connectivity index (χ1v) is 9.99. The molecule has 124 valence electrons. The van der Waals surface area contributed by atoms with Gasteiger partial charge in [-0.1, -0.05) is 31.0 Å². The Morgan fingerprint density at radius 2 is 2.35 bits per heavy atom. The van der Waals surface area contributed by atoms with Crippen LogP contribution < -0.4 is 5.32 Å². The molecule has 2 aromatic rings. The Kier molecular flexibility index (Phi) is 5.72. The number of hydrogen-bond donors (Lipinski definition) is 1. The number of carbonyl (C=O) groups is 1. The van der Waals surface area contributed by atoms with E-state index in [0.29, 0.717) is 35.2 Å². The van der Waals surface area contributed by atoms with E-state index in [4.69, 9.17) is 4.52 Å². The van der Waals surface area contributed by atoms with Crippen molar-refractivity contribution in [2.24, 2.45) is 5.92 Å². The van der Waals surface area contributed by atoms with Crippen molar-refractivity contribution in [1.29, 1.82) is 0 Å². The van der Waals surface area contributed by atoms with Crippen molar-refractivity contribution in [2.45, 2.75) is 44.4 Å². The van der Waals surface area contributed by atoms with Crippen LogP contribution in [0.25, 0.3) is 10.7 Å². The number of aromatic nitrogens is 2. The Morgan fingerprint density at radius 1 is 1.48 bits per heavy atom. The average molecular weight is 351 g/mol. The molecule has 0 aliphatic heterocycles. The van der Waals surface area contributed by atoms with Crippen LogP contribution in [-0.4, -0.2) is 27.8 Å². The Morgan fingerprint density at radius 3 is 3.13 bits per heavy atom. The Bertz CT molecular complexity index is 627. The third-order valence-electron chi connectivity index (χ3n) is 4.13. The van der Waals surface area contributed by atoms with Crippen LogP contribution in [0.3, 0.4) is 0 Å². The van der Waals surface area contributed by atoms with Gasteiger partial charge in [0.15, 0.2) is 0 Å². The molecule has 0 saturated heterocycles. The molecule has 1 fully saturated rings. The van der Waals surface area contributed by atoms with Gasteiger partial charge in [-0.3, -0.25) is 4.79 Å². The summed E-state index contributed by atoms with van der Waals surface area (Å²) in [4.78, 5) is 17.4. The quantitative estimate of drug-likeness (QED) is 0.859. The van der Waals surface area contributed by atoms with Crippen molar-refractivity contribution in [3.8, 4) is 10.7 Å². The summed E-state index contributed by atoms with van der Waals surface area (Å²) in [7, 11) is 0. The fraction of sp³-hybridized carbons (Fsp3) is 0.562. The van der Waals surface area contributed by atoms with Crippen molar-refractivity contribution >= 4 is 29.0 Å². The van der Waals surface area contributed by atoms with Gasteiger partial charge in [0.05, 0.1) is 16.4 Å². The van der Waals surface area contributed by atoms with Crippen molar-refractivity contribution < 1.29 is 9.32 Å². The van der Waals surface area contributed by atoms with Gasteiger partial charge in [0.1, 0.15) is 0 Å². The number of thiophene rings is 1. The summed E-state index contributed by atoms with van der Waals surface area (Å²) in [5.41, 5.74) is 0. The van der Waals surface area contributed by atoms with Crippen LogP contribution >= 0.6 is 23.1 Å². The maximum absolute atomic E-state index is 12.0. The zero-order valence-electron chi connectivity index (χ0n) is 13.2. The summed E-state index contributed by atoms with van der Waals surface area (Å²) in [6, 6.07) is 4.26. The molecule has 1 amide bonds. The molecule has 2 aromatic heterocycles. The van der Waals surface area contributed by atoms with E-state index in [1.165, 1.54) is 31.0 Å². The summed E-state index contributed by atoms with van der Waals surface area (Å²) in [5, 5.41) is 9.11. The normalized spacial score (nSPS) is 21.3. The van der Waals surface area contributed by atoms with E-state index < -0.39 is 0 Å². The molecule has 2 atom stereocenters. The fourth-order valence-corrected chi connectivity index (χ4v) is 4.14. The first-order valence-electron chi connectivity index (χ1n) is 7.96. The van der Waals surface area contributed by atoms with Gasteiger partial charge in [-0.2, -0.15) is 4.98 Å². The molecule has 0 aromatic carbocycles. The molecule has 2 unspecified atom stereocenters. The summed E-state index contributed by atoms with van der Waals surface area (Å²) >= 11 is 3.09. The predicted molar refractivity (Wildman–Crippen MR) is 93.3 cm³/mol. The lowest BCUT2D eigenvalue weighted by Crippen LogP contribution is -2.41. The molecule has 5 nitrogen and oxygen atoms in total. The van der Waals surface area contributed by atoms with Gasteiger partial charge in [-0.05, 0) is 30.2 Å². The van der Waals surface area contributed by atoms with Gasteiger partial charge < -0.3 is 9.84 Å². The van der Waals surface area contributed by atoms with Crippen LogP contribution in [-0.2, 0) is 10.5 Å². The highest BCUT2D eigenvalue weighted by atomic mass is 32.2. The molecule has 0 radical (unpaired) electrons. The second-order valence-corrected chi connectivity index (χ2v) is 7.85. The summed E-state index contributed by atoms with van der Waals surface area (Å²) < 4.78 is 5.23. The smallest absolute Gasteiger partial charge is 0.236 e. The molecule has 1 saturated carbocycles. The lowest BCUT2D eigenvalue weighted by atomic mass is 9.86. The minimum atomic E-state index is 0.103. The predicted octanol–water partition coefficient (Wildman–Crippen LogP) is 3.73. The van der Waals surface area contributed by atoms with Gasteiger partial charge >= 0.3 is 0 Å². The molecule has 2 heterocycles. The van der Waals surface area contributed by atoms with E-state index in [-0.39, 0.29) is 5.91 Å². The van der Waals surface area contributed by atoms with E-state index >= 15 is 0 Å². The Balaban J connectivity index is 1.41.